The van der Waals surface area contributed by atoms with Crippen molar-refractivity contribution in [3.05, 3.63) is 101 Å². The lowest BCUT2D eigenvalue weighted by molar-refractivity contribution is 0.0943. The molecule has 3 aromatic rings. The van der Waals surface area contributed by atoms with Gasteiger partial charge in [-0.15, -0.1) is 0 Å². The van der Waals surface area contributed by atoms with Gasteiger partial charge in [0.1, 0.15) is 5.75 Å². The summed E-state index contributed by atoms with van der Waals surface area (Å²) < 4.78 is 5.59. The maximum atomic E-state index is 12.8. The van der Waals surface area contributed by atoms with Crippen LogP contribution in [0.3, 0.4) is 0 Å². The highest BCUT2D eigenvalue weighted by atomic mass is 16.5. The van der Waals surface area contributed by atoms with Gasteiger partial charge < -0.3 is 10.1 Å². The number of carbonyl (C=O) groups is 1. The molecule has 3 nitrogen and oxygen atoms in total. The van der Waals surface area contributed by atoms with Gasteiger partial charge in [-0.05, 0) is 48.7 Å². The maximum absolute atomic E-state index is 12.8. The van der Waals surface area contributed by atoms with E-state index >= 15 is 0 Å². The van der Waals surface area contributed by atoms with Crippen LogP contribution in [-0.4, -0.2) is 12.5 Å². The molecule has 3 aromatic carbocycles. The minimum atomic E-state index is -0.199. The second-order valence-corrected chi connectivity index (χ2v) is 6.60. The lowest BCUT2D eigenvalue weighted by Crippen LogP contribution is -2.29. The summed E-state index contributed by atoms with van der Waals surface area (Å²) >= 11 is 0. The molecule has 0 bridgehead atoms. The van der Waals surface area contributed by atoms with Crippen molar-refractivity contribution in [1.29, 1.82) is 0 Å². The maximum Gasteiger partial charge on any atom is 0.252 e. The minimum Gasteiger partial charge on any atom is -0.494 e. The summed E-state index contributed by atoms with van der Waals surface area (Å²) in [6.07, 6.45) is 0.956. The van der Waals surface area contributed by atoms with Crippen molar-refractivity contribution >= 4 is 5.91 Å². The van der Waals surface area contributed by atoms with Gasteiger partial charge in [0.15, 0.2) is 0 Å². The SMILES string of the molecule is CCCOc1ccc(C(=O)N[C@@H](c2ccccc2)c2ccc(C)cc2)cc1. The minimum absolute atomic E-state index is 0.105. The molecule has 0 saturated carbocycles. The van der Waals surface area contributed by atoms with Crippen LogP contribution >= 0.6 is 0 Å². The monoisotopic (exact) mass is 359 g/mol. The number of nitrogens with one attached hydrogen (secondary N) is 1. The fraction of sp³-hybridized carbons (Fsp3) is 0.208. The molecule has 0 unspecified atom stereocenters. The van der Waals surface area contributed by atoms with Gasteiger partial charge in [0.25, 0.3) is 5.91 Å². The van der Waals surface area contributed by atoms with E-state index in [0.717, 1.165) is 23.3 Å². The third-order valence-electron chi connectivity index (χ3n) is 4.41. The van der Waals surface area contributed by atoms with Gasteiger partial charge in [-0.2, -0.15) is 0 Å². The van der Waals surface area contributed by atoms with Gasteiger partial charge >= 0.3 is 0 Å². The van der Waals surface area contributed by atoms with E-state index in [1.165, 1.54) is 5.56 Å². The Labute approximate surface area is 161 Å². The molecule has 1 amide bonds. The zero-order valence-corrected chi connectivity index (χ0v) is 15.8. The fourth-order valence-electron chi connectivity index (χ4n) is 2.90. The molecular formula is C24H25NO2. The molecular weight excluding hydrogens is 334 g/mol. The van der Waals surface area contributed by atoms with Crippen LogP contribution in [0.1, 0.15) is 46.4 Å². The Balaban J connectivity index is 1.81. The van der Waals surface area contributed by atoms with Crippen LogP contribution in [0.5, 0.6) is 5.75 Å². The summed E-state index contributed by atoms with van der Waals surface area (Å²) in [5, 5.41) is 3.17. The number of hydrogen-bond donors (Lipinski definition) is 1. The van der Waals surface area contributed by atoms with E-state index in [4.69, 9.17) is 4.74 Å². The third kappa shape index (κ3) is 4.98. The molecule has 1 atom stereocenters. The summed E-state index contributed by atoms with van der Waals surface area (Å²) in [5.74, 6) is 0.679. The Morgan fingerprint density at radius 1 is 0.889 bits per heavy atom. The van der Waals surface area contributed by atoms with E-state index in [2.05, 4.69) is 43.4 Å². The number of rotatable bonds is 7. The van der Waals surface area contributed by atoms with Gasteiger partial charge in [-0.3, -0.25) is 4.79 Å². The fourth-order valence-corrected chi connectivity index (χ4v) is 2.90. The number of aryl methyl sites for hydroxylation is 1. The second-order valence-electron chi connectivity index (χ2n) is 6.60. The zero-order valence-electron chi connectivity index (χ0n) is 15.8. The molecule has 0 saturated heterocycles. The largest absolute Gasteiger partial charge is 0.494 e. The summed E-state index contributed by atoms with van der Waals surface area (Å²) in [4.78, 5) is 12.8. The molecule has 3 heteroatoms. The highest BCUT2D eigenvalue weighted by Crippen LogP contribution is 2.23. The summed E-state index contributed by atoms with van der Waals surface area (Å²) in [6.45, 7) is 4.80. The topological polar surface area (TPSA) is 38.3 Å². The van der Waals surface area contributed by atoms with Crippen molar-refractivity contribution in [1.82, 2.24) is 5.32 Å². The quantitative estimate of drug-likeness (QED) is 0.621. The van der Waals surface area contributed by atoms with Crippen molar-refractivity contribution in [2.75, 3.05) is 6.61 Å². The van der Waals surface area contributed by atoms with Crippen LogP contribution in [0.4, 0.5) is 0 Å². The third-order valence-corrected chi connectivity index (χ3v) is 4.41. The number of ether oxygens (including phenoxy) is 1. The lowest BCUT2D eigenvalue weighted by Gasteiger charge is -2.20. The molecule has 0 spiro atoms. The van der Waals surface area contributed by atoms with Gasteiger partial charge in [0.2, 0.25) is 0 Å². The molecule has 27 heavy (non-hydrogen) atoms. The van der Waals surface area contributed by atoms with E-state index in [1.54, 1.807) is 12.1 Å². The Morgan fingerprint density at radius 3 is 2.15 bits per heavy atom. The number of amides is 1. The first-order chi connectivity index (χ1) is 13.2. The van der Waals surface area contributed by atoms with Crippen molar-refractivity contribution in [2.45, 2.75) is 26.3 Å². The second kappa shape index (κ2) is 9.04. The zero-order chi connectivity index (χ0) is 19.1. The van der Waals surface area contributed by atoms with E-state index in [-0.39, 0.29) is 11.9 Å². The molecule has 0 fully saturated rings. The highest BCUT2D eigenvalue weighted by Gasteiger charge is 2.17. The van der Waals surface area contributed by atoms with Gasteiger partial charge in [-0.25, -0.2) is 0 Å². The molecule has 0 aliphatic carbocycles. The predicted octanol–water partition coefficient (Wildman–Crippen LogP) is 5.30. The first-order valence-corrected chi connectivity index (χ1v) is 9.32. The van der Waals surface area contributed by atoms with E-state index < -0.39 is 0 Å². The van der Waals surface area contributed by atoms with Crippen LogP contribution in [0.15, 0.2) is 78.9 Å². The number of benzene rings is 3. The number of hydrogen-bond acceptors (Lipinski definition) is 2. The Morgan fingerprint density at radius 2 is 1.52 bits per heavy atom. The summed E-state index contributed by atoms with van der Waals surface area (Å²) in [5.41, 5.74) is 3.92. The molecule has 0 aliphatic rings. The Bertz CT molecular complexity index is 855. The van der Waals surface area contributed by atoms with Crippen molar-refractivity contribution < 1.29 is 9.53 Å². The number of carbonyl (C=O) groups excluding carboxylic acids is 1. The van der Waals surface area contributed by atoms with Crippen molar-refractivity contribution in [3.63, 3.8) is 0 Å². The van der Waals surface area contributed by atoms with E-state index in [0.29, 0.717) is 12.2 Å². The van der Waals surface area contributed by atoms with Crippen LogP contribution in [-0.2, 0) is 0 Å². The van der Waals surface area contributed by atoms with E-state index in [9.17, 15) is 4.79 Å². The first kappa shape index (κ1) is 18.7. The predicted molar refractivity (Wildman–Crippen MR) is 109 cm³/mol. The molecule has 0 radical (unpaired) electrons. The molecule has 1 N–H and O–H groups in total. The molecule has 3 rings (SSSR count). The van der Waals surface area contributed by atoms with Crippen LogP contribution in [0, 0.1) is 6.92 Å². The van der Waals surface area contributed by atoms with Gasteiger partial charge in [-0.1, -0.05) is 67.1 Å². The van der Waals surface area contributed by atoms with Crippen LogP contribution < -0.4 is 10.1 Å². The first-order valence-electron chi connectivity index (χ1n) is 9.32. The normalized spacial score (nSPS) is 11.6. The summed E-state index contributed by atoms with van der Waals surface area (Å²) in [7, 11) is 0. The van der Waals surface area contributed by atoms with Gasteiger partial charge in [0, 0.05) is 5.56 Å². The summed E-state index contributed by atoms with van der Waals surface area (Å²) in [6, 6.07) is 25.4. The van der Waals surface area contributed by atoms with E-state index in [1.807, 2.05) is 42.5 Å². The average Bonchev–Trinajstić information content (AvgIpc) is 2.72. The average molecular weight is 359 g/mol. The van der Waals surface area contributed by atoms with Crippen LogP contribution in [0.25, 0.3) is 0 Å². The standard InChI is InChI=1S/C24H25NO2/c1-3-17-27-22-15-13-21(14-16-22)24(26)25-23(19-7-5-4-6-8-19)20-11-9-18(2)10-12-20/h4-16,23H,3,17H2,1-2H3,(H,25,26)/t23-/m0/s1. The molecule has 138 valence electrons. The van der Waals surface area contributed by atoms with Crippen molar-refractivity contribution in [3.8, 4) is 5.75 Å². The highest BCUT2D eigenvalue weighted by molar-refractivity contribution is 5.94. The molecule has 0 aliphatic heterocycles. The Hall–Kier alpha value is -3.07. The van der Waals surface area contributed by atoms with Crippen LogP contribution in [0.2, 0.25) is 0 Å². The molecule has 0 aromatic heterocycles. The molecule has 0 heterocycles. The Kier molecular flexibility index (Phi) is 6.26. The lowest BCUT2D eigenvalue weighted by atomic mass is 9.97. The smallest absolute Gasteiger partial charge is 0.252 e. The van der Waals surface area contributed by atoms with Crippen molar-refractivity contribution in [2.24, 2.45) is 0 Å². The van der Waals surface area contributed by atoms with Gasteiger partial charge in [0.05, 0.1) is 12.6 Å².